The van der Waals surface area contributed by atoms with E-state index in [9.17, 15) is 19.2 Å². The van der Waals surface area contributed by atoms with Crippen molar-refractivity contribution in [2.75, 3.05) is 40.4 Å². The Morgan fingerprint density at radius 2 is 1.70 bits per heavy atom. The van der Waals surface area contributed by atoms with Crippen molar-refractivity contribution in [2.24, 2.45) is 10.9 Å². The number of anilines is 1. The number of benzene rings is 1. The lowest BCUT2D eigenvalue weighted by molar-refractivity contribution is -0.151. The van der Waals surface area contributed by atoms with Crippen molar-refractivity contribution < 1.29 is 38.1 Å². The lowest BCUT2D eigenvalue weighted by Gasteiger charge is -2.40. The standard InChI is InChI=1S/C26H29N3O8/c1-28-16-10-9-14(34-2)11-15(16)26-12-17(22(31)35-3)29(21(30)13-7-6-8-13)25(26)27-19(24(33)37-5)18(20(26)28)23(32)36-4/h9-11,13,17,20H,6-8,12H2,1-5H3/t17?,20?,26-/m0/s1. The van der Waals surface area contributed by atoms with Crippen LogP contribution in [0.5, 0.6) is 5.75 Å². The fourth-order valence-corrected chi connectivity index (χ4v) is 6.13. The van der Waals surface area contributed by atoms with Crippen LogP contribution in [0.15, 0.2) is 34.5 Å². The van der Waals surface area contributed by atoms with E-state index in [0.29, 0.717) is 18.6 Å². The first-order valence-corrected chi connectivity index (χ1v) is 12.1. The number of likely N-dealkylation sites (N-methyl/N-ethyl adjacent to an activating group) is 1. The minimum absolute atomic E-state index is 0.00248. The van der Waals surface area contributed by atoms with E-state index >= 15 is 0 Å². The molecule has 1 spiro atoms. The Kier molecular flexibility index (Phi) is 5.96. The Labute approximate surface area is 214 Å². The molecule has 0 N–H and O–H groups in total. The molecule has 2 fully saturated rings. The van der Waals surface area contributed by atoms with Gasteiger partial charge in [-0.1, -0.05) is 6.42 Å². The van der Waals surface area contributed by atoms with Crippen LogP contribution in [0.4, 0.5) is 5.69 Å². The molecule has 37 heavy (non-hydrogen) atoms. The SMILES string of the molecule is COC(=O)C1=C(C(=O)OC)C2N(C)c3ccc(OC)cc3[C@@]23CC(C(=O)OC)N(C(=O)C2CCC2)C3=N1. The number of amides is 1. The van der Waals surface area contributed by atoms with Crippen LogP contribution in [0, 0.1) is 5.92 Å². The smallest absolute Gasteiger partial charge is 0.357 e. The zero-order valence-corrected chi connectivity index (χ0v) is 21.4. The Morgan fingerprint density at radius 3 is 2.27 bits per heavy atom. The summed E-state index contributed by atoms with van der Waals surface area (Å²) < 4.78 is 20.7. The number of carbonyl (C=O) groups excluding carboxylic acids is 4. The van der Waals surface area contributed by atoms with E-state index in [2.05, 4.69) is 4.99 Å². The predicted molar refractivity (Wildman–Crippen MR) is 130 cm³/mol. The molecule has 3 atom stereocenters. The van der Waals surface area contributed by atoms with Crippen LogP contribution in [0.3, 0.4) is 0 Å². The fourth-order valence-electron chi connectivity index (χ4n) is 6.13. The summed E-state index contributed by atoms with van der Waals surface area (Å²) in [5, 5.41) is 0. The molecule has 5 rings (SSSR count). The van der Waals surface area contributed by atoms with Crippen molar-refractivity contribution in [3.8, 4) is 5.75 Å². The highest BCUT2D eigenvalue weighted by molar-refractivity contribution is 6.17. The predicted octanol–water partition coefficient (Wildman–Crippen LogP) is 1.34. The van der Waals surface area contributed by atoms with Crippen LogP contribution >= 0.6 is 0 Å². The number of esters is 3. The fraction of sp³-hybridized carbons (Fsp3) is 0.500. The molecular formula is C26H29N3O8. The largest absolute Gasteiger partial charge is 0.497 e. The molecule has 1 saturated heterocycles. The maximum atomic E-state index is 13.8. The minimum Gasteiger partial charge on any atom is -0.497 e. The third-order valence-corrected chi connectivity index (χ3v) is 8.07. The molecule has 11 heteroatoms. The van der Waals surface area contributed by atoms with Crippen molar-refractivity contribution in [2.45, 2.75) is 43.2 Å². The molecule has 1 amide bonds. The van der Waals surface area contributed by atoms with Gasteiger partial charge in [0.15, 0.2) is 5.70 Å². The summed E-state index contributed by atoms with van der Waals surface area (Å²) in [7, 11) is 7.00. The molecule has 1 aliphatic carbocycles. The van der Waals surface area contributed by atoms with Gasteiger partial charge >= 0.3 is 17.9 Å². The summed E-state index contributed by atoms with van der Waals surface area (Å²) in [6, 6.07) is 3.64. The van der Waals surface area contributed by atoms with Gasteiger partial charge in [-0.2, -0.15) is 0 Å². The summed E-state index contributed by atoms with van der Waals surface area (Å²) in [4.78, 5) is 61.0. The Hall–Kier alpha value is -3.89. The van der Waals surface area contributed by atoms with Gasteiger partial charge < -0.3 is 23.8 Å². The van der Waals surface area contributed by atoms with Gasteiger partial charge in [-0.3, -0.25) is 9.69 Å². The van der Waals surface area contributed by atoms with Crippen LogP contribution in [-0.2, 0) is 38.8 Å². The highest BCUT2D eigenvalue weighted by Gasteiger charge is 2.67. The van der Waals surface area contributed by atoms with E-state index in [1.165, 1.54) is 26.2 Å². The molecule has 1 saturated carbocycles. The van der Waals surface area contributed by atoms with E-state index < -0.39 is 35.4 Å². The summed E-state index contributed by atoms with van der Waals surface area (Å²) in [5.74, 6) is -1.94. The number of aliphatic imine (C=N–C) groups is 1. The molecular weight excluding hydrogens is 482 g/mol. The topological polar surface area (TPSA) is 124 Å². The monoisotopic (exact) mass is 511 g/mol. The van der Waals surface area contributed by atoms with Crippen molar-refractivity contribution in [1.82, 2.24) is 4.90 Å². The molecule has 2 unspecified atom stereocenters. The zero-order chi connectivity index (χ0) is 26.6. The first-order chi connectivity index (χ1) is 17.7. The Balaban J connectivity index is 1.84. The molecule has 3 aliphatic heterocycles. The van der Waals surface area contributed by atoms with Crippen molar-refractivity contribution >= 4 is 35.3 Å². The van der Waals surface area contributed by atoms with Gasteiger partial charge in [0.2, 0.25) is 5.91 Å². The summed E-state index contributed by atoms with van der Waals surface area (Å²) in [5.41, 5.74) is 0.0671. The number of likely N-dealkylation sites (tertiary alicyclic amines) is 1. The highest BCUT2D eigenvalue weighted by Crippen LogP contribution is 2.58. The molecule has 1 aromatic rings. The van der Waals surface area contributed by atoms with Gasteiger partial charge in [0, 0.05) is 18.7 Å². The first kappa shape index (κ1) is 24.8. The molecule has 0 aromatic heterocycles. The second kappa shape index (κ2) is 8.89. The van der Waals surface area contributed by atoms with Gasteiger partial charge in [0.25, 0.3) is 0 Å². The molecule has 196 valence electrons. The lowest BCUT2D eigenvalue weighted by Crippen LogP contribution is -2.56. The number of ether oxygens (including phenoxy) is 4. The Morgan fingerprint density at radius 1 is 1.00 bits per heavy atom. The van der Waals surface area contributed by atoms with Crippen LogP contribution in [0.25, 0.3) is 0 Å². The van der Waals surface area contributed by atoms with Crippen molar-refractivity contribution in [3.63, 3.8) is 0 Å². The van der Waals surface area contributed by atoms with E-state index in [1.807, 2.05) is 17.0 Å². The van der Waals surface area contributed by atoms with Crippen LogP contribution in [0.1, 0.15) is 31.2 Å². The van der Waals surface area contributed by atoms with Gasteiger partial charge in [-0.05, 0) is 43.0 Å². The van der Waals surface area contributed by atoms with Crippen molar-refractivity contribution in [3.05, 3.63) is 35.0 Å². The van der Waals surface area contributed by atoms with Gasteiger partial charge in [0.05, 0.1) is 45.5 Å². The second-order valence-electron chi connectivity index (χ2n) is 9.63. The number of amidine groups is 1. The molecule has 0 radical (unpaired) electrons. The van der Waals surface area contributed by atoms with E-state index in [0.717, 1.165) is 17.7 Å². The number of fused-ring (bicyclic) bond motifs is 1. The zero-order valence-electron chi connectivity index (χ0n) is 21.4. The number of carbonyl (C=O) groups is 4. The van der Waals surface area contributed by atoms with Crippen molar-refractivity contribution in [1.29, 1.82) is 0 Å². The number of hydrogen-bond donors (Lipinski definition) is 0. The third-order valence-electron chi connectivity index (χ3n) is 8.07. The Bertz CT molecular complexity index is 1270. The van der Waals surface area contributed by atoms with Gasteiger partial charge in [0.1, 0.15) is 17.6 Å². The molecule has 1 aromatic carbocycles. The van der Waals surface area contributed by atoms with E-state index in [-0.39, 0.29) is 35.4 Å². The molecule has 3 heterocycles. The maximum absolute atomic E-state index is 13.8. The quantitative estimate of drug-likeness (QED) is 0.425. The van der Waals surface area contributed by atoms with Gasteiger partial charge in [-0.15, -0.1) is 0 Å². The number of methoxy groups -OCH3 is 4. The highest BCUT2D eigenvalue weighted by atomic mass is 16.5. The van der Waals surface area contributed by atoms with Gasteiger partial charge in [-0.25, -0.2) is 19.4 Å². The lowest BCUT2D eigenvalue weighted by atomic mass is 9.69. The summed E-state index contributed by atoms with van der Waals surface area (Å²) >= 11 is 0. The normalized spacial score (nSPS) is 25.9. The first-order valence-electron chi connectivity index (χ1n) is 12.1. The number of rotatable bonds is 5. The van der Waals surface area contributed by atoms with Crippen LogP contribution in [0.2, 0.25) is 0 Å². The summed E-state index contributed by atoms with van der Waals surface area (Å²) in [6.07, 6.45) is 2.41. The number of nitrogens with zero attached hydrogens (tertiary/aromatic N) is 3. The molecule has 4 aliphatic rings. The van der Waals surface area contributed by atoms with E-state index in [1.54, 1.807) is 20.2 Å². The summed E-state index contributed by atoms with van der Waals surface area (Å²) in [6.45, 7) is 0. The van der Waals surface area contributed by atoms with E-state index in [4.69, 9.17) is 18.9 Å². The molecule has 0 bridgehead atoms. The molecule has 11 nitrogen and oxygen atoms in total. The second-order valence-corrected chi connectivity index (χ2v) is 9.63. The van der Waals surface area contributed by atoms with Crippen LogP contribution < -0.4 is 9.64 Å². The third kappa shape index (κ3) is 3.29. The minimum atomic E-state index is -1.14. The average molecular weight is 512 g/mol. The maximum Gasteiger partial charge on any atom is 0.357 e. The van der Waals surface area contributed by atoms with Crippen LogP contribution in [-0.4, -0.2) is 82.1 Å². The average Bonchev–Trinajstić information content (AvgIpc) is 3.36. The number of hydrogen-bond acceptors (Lipinski definition) is 10.